The highest BCUT2D eigenvalue weighted by Gasteiger charge is 2.00. The van der Waals surface area contributed by atoms with E-state index in [0.717, 1.165) is 25.7 Å². The largest absolute Gasteiger partial charge is 0.490 e. The van der Waals surface area contributed by atoms with Crippen molar-refractivity contribution in [2.45, 2.75) is 25.7 Å². The third-order valence-electron chi connectivity index (χ3n) is 2.06. The monoisotopic (exact) mass is 229 g/mol. The lowest BCUT2D eigenvalue weighted by Gasteiger charge is -2.06. The molecule has 0 fully saturated rings. The summed E-state index contributed by atoms with van der Waals surface area (Å²) in [6.45, 7) is 0.553. The van der Waals surface area contributed by atoms with Crippen LogP contribution in [0.5, 0.6) is 5.75 Å². The zero-order valence-electron chi connectivity index (χ0n) is 8.64. The number of alkyl halides is 1. The van der Waals surface area contributed by atoms with E-state index >= 15 is 0 Å². The Labute approximate surface area is 95.2 Å². The van der Waals surface area contributed by atoms with E-state index in [9.17, 15) is 4.39 Å². The molecule has 0 bridgehead atoms. The molecule has 0 N–H and O–H groups in total. The van der Waals surface area contributed by atoms with E-state index in [1.165, 1.54) is 6.07 Å². The molecule has 0 heterocycles. The summed E-state index contributed by atoms with van der Waals surface area (Å²) in [6.07, 6.45) is 4.15. The average Bonchev–Trinajstić information content (AvgIpc) is 2.25. The van der Waals surface area contributed by atoms with Gasteiger partial charge in [0.05, 0.1) is 6.61 Å². The average molecular weight is 230 g/mol. The van der Waals surface area contributed by atoms with E-state index in [1.807, 2.05) is 0 Å². The zero-order valence-corrected chi connectivity index (χ0v) is 9.39. The SMILES string of the molecule is Fc1[c]cccc1OCCCCCCCl. The molecule has 0 atom stereocenters. The molecule has 0 spiro atoms. The number of ether oxygens (including phenoxy) is 1. The van der Waals surface area contributed by atoms with Crippen LogP contribution < -0.4 is 4.74 Å². The first-order valence-electron chi connectivity index (χ1n) is 5.19. The van der Waals surface area contributed by atoms with Crippen LogP contribution in [0.15, 0.2) is 18.2 Å². The molecule has 0 amide bonds. The maximum Gasteiger partial charge on any atom is 0.172 e. The fraction of sp³-hybridized carbons (Fsp3) is 0.500. The highest BCUT2D eigenvalue weighted by atomic mass is 35.5. The molecule has 1 nitrogen and oxygen atoms in total. The van der Waals surface area contributed by atoms with Gasteiger partial charge in [-0.15, -0.1) is 11.6 Å². The highest BCUT2D eigenvalue weighted by Crippen LogP contribution is 2.15. The Bertz CT molecular complexity index is 278. The normalized spacial score (nSPS) is 10.3. The van der Waals surface area contributed by atoms with Crippen LogP contribution in [0.4, 0.5) is 4.39 Å². The molecule has 0 aliphatic rings. The summed E-state index contributed by atoms with van der Waals surface area (Å²) in [7, 11) is 0. The summed E-state index contributed by atoms with van der Waals surface area (Å²) in [5, 5.41) is 0. The third-order valence-corrected chi connectivity index (χ3v) is 2.32. The van der Waals surface area contributed by atoms with Crippen molar-refractivity contribution in [2.75, 3.05) is 12.5 Å². The van der Waals surface area contributed by atoms with Gasteiger partial charge in [-0.25, -0.2) is 4.39 Å². The molecule has 0 aliphatic heterocycles. The Balaban J connectivity index is 2.12. The van der Waals surface area contributed by atoms with Gasteiger partial charge in [-0.2, -0.15) is 0 Å². The molecule has 0 unspecified atom stereocenters. The molecular weight excluding hydrogens is 215 g/mol. The van der Waals surface area contributed by atoms with E-state index in [0.29, 0.717) is 12.5 Å². The van der Waals surface area contributed by atoms with E-state index < -0.39 is 5.82 Å². The first-order valence-corrected chi connectivity index (χ1v) is 5.73. The van der Waals surface area contributed by atoms with Crippen molar-refractivity contribution in [3.8, 4) is 5.75 Å². The van der Waals surface area contributed by atoms with Crippen molar-refractivity contribution in [1.82, 2.24) is 0 Å². The molecule has 1 aromatic carbocycles. The predicted molar refractivity (Wildman–Crippen MR) is 59.9 cm³/mol. The highest BCUT2D eigenvalue weighted by molar-refractivity contribution is 6.17. The van der Waals surface area contributed by atoms with Gasteiger partial charge >= 0.3 is 0 Å². The maximum absolute atomic E-state index is 13.0. The number of unbranched alkanes of at least 4 members (excludes halogenated alkanes) is 3. The van der Waals surface area contributed by atoms with Crippen LogP contribution >= 0.6 is 11.6 Å². The molecule has 0 aromatic heterocycles. The third kappa shape index (κ3) is 5.03. The maximum atomic E-state index is 13.0. The topological polar surface area (TPSA) is 9.23 Å². The molecule has 0 aliphatic carbocycles. The second-order valence-corrected chi connectivity index (χ2v) is 3.68. The minimum absolute atomic E-state index is 0.287. The lowest BCUT2D eigenvalue weighted by Crippen LogP contribution is -1.99. The van der Waals surface area contributed by atoms with Gasteiger partial charge < -0.3 is 4.74 Å². The van der Waals surface area contributed by atoms with Gasteiger partial charge in [0.2, 0.25) is 0 Å². The van der Waals surface area contributed by atoms with Crippen molar-refractivity contribution in [3.63, 3.8) is 0 Å². The summed E-state index contributed by atoms with van der Waals surface area (Å²) in [4.78, 5) is 0. The number of rotatable bonds is 7. The molecule has 1 radical (unpaired) electrons. The van der Waals surface area contributed by atoms with E-state index in [1.54, 1.807) is 12.1 Å². The first-order chi connectivity index (χ1) is 7.34. The Kier molecular flexibility index (Phi) is 6.17. The summed E-state index contributed by atoms with van der Waals surface area (Å²) in [5.41, 5.74) is 0. The van der Waals surface area contributed by atoms with Gasteiger partial charge in [0.1, 0.15) is 0 Å². The van der Waals surface area contributed by atoms with Gasteiger partial charge in [0.15, 0.2) is 11.6 Å². The van der Waals surface area contributed by atoms with E-state index in [4.69, 9.17) is 16.3 Å². The van der Waals surface area contributed by atoms with Crippen LogP contribution in [0.1, 0.15) is 25.7 Å². The number of hydrogen-bond acceptors (Lipinski definition) is 1. The van der Waals surface area contributed by atoms with Gasteiger partial charge in [-0.1, -0.05) is 25.0 Å². The quantitative estimate of drug-likeness (QED) is 0.511. The smallest absolute Gasteiger partial charge is 0.172 e. The summed E-state index contributed by atoms with van der Waals surface area (Å²) >= 11 is 5.55. The van der Waals surface area contributed by atoms with Gasteiger partial charge in [0.25, 0.3) is 0 Å². The predicted octanol–water partition coefficient (Wildman–Crippen LogP) is 3.80. The summed E-state index contributed by atoms with van der Waals surface area (Å²) < 4.78 is 18.3. The van der Waals surface area contributed by atoms with E-state index in [-0.39, 0.29) is 5.75 Å². The van der Waals surface area contributed by atoms with Crippen molar-refractivity contribution in [3.05, 3.63) is 30.1 Å². The van der Waals surface area contributed by atoms with Crippen molar-refractivity contribution < 1.29 is 9.13 Å². The summed E-state index contributed by atoms with van der Waals surface area (Å²) in [6, 6.07) is 7.31. The van der Waals surface area contributed by atoms with Crippen LogP contribution in [0.2, 0.25) is 0 Å². The summed E-state index contributed by atoms with van der Waals surface area (Å²) in [5.74, 6) is 0.580. The fourth-order valence-corrected chi connectivity index (χ4v) is 1.43. The van der Waals surface area contributed by atoms with Gasteiger partial charge in [-0.05, 0) is 18.9 Å². The van der Waals surface area contributed by atoms with Crippen LogP contribution in [0.3, 0.4) is 0 Å². The zero-order chi connectivity index (χ0) is 10.9. The molecule has 0 saturated heterocycles. The number of hydrogen-bond donors (Lipinski definition) is 0. The minimum atomic E-state index is -0.418. The number of halogens is 2. The van der Waals surface area contributed by atoms with Crippen LogP contribution in [-0.2, 0) is 0 Å². The lowest BCUT2D eigenvalue weighted by molar-refractivity contribution is 0.290. The molecule has 0 saturated carbocycles. The molecule has 1 aromatic rings. The van der Waals surface area contributed by atoms with Crippen molar-refractivity contribution in [2.24, 2.45) is 0 Å². The Morgan fingerprint density at radius 3 is 2.80 bits per heavy atom. The molecular formula is C12H15ClFO. The second kappa shape index (κ2) is 7.52. The van der Waals surface area contributed by atoms with E-state index in [2.05, 4.69) is 6.07 Å². The van der Waals surface area contributed by atoms with Crippen molar-refractivity contribution >= 4 is 11.6 Å². The minimum Gasteiger partial charge on any atom is -0.490 e. The standard InChI is InChI=1S/C12H15ClFO/c13-9-5-1-2-6-10-15-12-8-4-3-7-11(12)14/h3-4,8H,1-2,5-6,9-10H2. The fourth-order valence-electron chi connectivity index (χ4n) is 1.24. The first kappa shape index (κ1) is 12.3. The molecule has 3 heteroatoms. The Hall–Kier alpha value is -0.760. The number of benzene rings is 1. The molecule has 1 rings (SSSR count). The van der Waals surface area contributed by atoms with Crippen LogP contribution in [0, 0.1) is 11.9 Å². The van der Waals surface area contributed by atoms with Gasteiger partial charge in [-0.3, -0.25) is 0 Å². The second-order valence-electron chi connectivity index (χ2n) is 3.30. The Morgan fingerprint density at radius 1 is 1.27 bits per heavy atom. The van der Waals surface area contributed by atoms with Crippen LogP contribution in [-0.4, -0.2) is 12.5 Å². The van der Waals surface area contributed by atoms with Gasteiger partial charge in [0, 0.05) is 11.9 Å². The Morgan fingerprint density at radius 2 is 2.07 bits per heavy atom. The molecule has 15 heavy (non-hydrogen) atoms. The molecule has 83 valence electrons. The lowest BCUT2D eigenvalue weighted by atomic mass is 10.2. The van der Waals surface area contributed by atoms with Crippen molar-refractivity contribution in [1.29, 1.82) is 0 Å². The van der Waals surface area contributed by atoms with Crippen LogP contribution in [0.25, 0.3) is 0 Å².